The first kappa shape index (κ1) is 21.4. The second-order valence-electron chi connectivity index (χ2n) is 7.31. The summed E-state index contributed by atoms with van der Waals surface area (Å²) in [5, 5.41) is 2.88. The van der Waals surface area contributed by atoms with Gasteiger partial charge in [0.25, 0.3) is 0 Å². The second kappa shape index (κ2) is 9.88. The number of methoxy groups -OCH3 is 1. The van der Waals surface area contributed by atoms with Crippen molar-refractivity contribution < 1.29 is 14.3 Å². The van der Waals surface area contributed by atoms with E-state index in [0.717, 1.165) is 23.3 Å². The van der Waals surface area contributed by atoms with Crippen molar-refractivity contribution in [2.75, 3.05) is 27.2 Å². The summed E-state index contributed by atoms with van der Waals surface area (Å²) in [6.07, 6.45) is 4.86. The molecule has 6 heteroatoms. The van der Waals surface area contributed by atoms with Gasteiger partial charge in [0.1, 0.15) is 11.2 Å². The molecule has 28 heavy (non-hydrogen) atoms. The topological polar surface area (TPSA) is 71.5 Å². The zero-order valence-corrected chi connectivity index (χ0v) is 17.1. The Morgan fingerprint density at radius 3 is 2.50 bits per heavy atom. The molecular weight excluding hydrogens is 354 g/mol. The van der Waals surface area contributed by atoms with Gasteiger partial charge in [-0.15, -0.1) is 0 Å². The normalized spacial score (nSPS) is 11.0. The van der Waals surface area contributed by atoms with Crippen molar-refractivity contribution in [1.29, 1.82) is 0 Å². The number of hydrogen-bond acceptors (Lipinski definition) is 4. The van der Waals surface area contributed by atoms with Gasteiger partial charge in [-0.2, -0.15) is 0 Å². The number of nitrogens with one attached hydrogen (secondary N) is 1. The molecule has 0 aliphatic heterocycles. The third kappa shape index (κ3) is 5.81. The van der Waals surface area contributed by atoms with Crippen LogP contribution in [0, 0.1) is 5.41 Å². The van der Waals surface area contributed by atoms with Crippen LogP contribution >= 0.6 is 0 Å². The predicted octanol–water partition coefficient (Wildman–Crippen LogP) is 2.48. The van der Waals surface area contributed by atoms with E-state index in [1.807, 2.05) is 36.4 Å². The fraction of sp³-hybridized carbons (Fsp3) is 0.409. The number of hydrogen-bond donors (Lipinski definition) is 1. The molecule has 2 amide bonds. The van der Waals surface area contributed by atoms with E-state index in [4.69, 9.17) is 4.74 Å². The Labute approximate surface area is 166 Å². The Morgan fingerprint density at radius 2 is 1.82 bits per heavy atom. The summed E-state index contributed by atoms with van der Waals surface area (Å²) in [6.45, 7) is 4.34. The zero-order chi connectivity index (χ0) is 20.6. The third-order valence-corrected chi connectivity index (χ3v) is 4.77. The Hall–Kier alpha value is -2.89. The van der Waals surface area contributed by atoms with E-state index in [1.165, 1.54) is 0 Å². The Morgan fingerprint density at radius 1 is 1.11 bits per heavy atom. The summed E-state index contributed by atoms with van der Waals surface area (Å²) >= 11 is 0. The summed E-state index contributed by atoms with van der Waals surface area (Å²) in [7, 11) is 3.36. The van der Waals surface area contributed by atoms with Gasteiger partial charge in [-0.3, -0.25) is 14.6 Å². The Bertz CT molecular complexity index is 791. The molecule has 0 unspecified atom stereocenters. The first-order valence-electron chi connectivity index (χ1n) is 9.40. The fourth-order valence-corrected chi connectivity index (χ4v) is 2.89. The quantitative estimate of drug-likeness (QED) is 0.676. The lowest BCUT2D eigenvalue weighted by Gasteiger charge is -2.28. The number of nitrogens with zero attached hydrogens (tertiary/aromatic N) is 2. The van der Waals surface area contributed by atoms with Crippen LogP contribution in [0.3, 0.4) is 0 Å². The van der Waals surface area contributed by atoms with Gasteiger partial charge >= 0.3 is 0 Å². The third-order valence-electron chi connectivity index (χ3n) is 4.77. The number of benzene rings is 1. The maximum Gasteiger partial charge on any atom is 0.237 e. The minimum absolute atomic E-state index is 0.194. The average molecular weight is 383 g/mol. The summed E-state index contributed by atoms with van der Waals surface area (Å²) in [6, 6.07) is 11.6. The number of aromatic nitrogens is 1. The molecule has 2 rings (SSSR count). The van der Waals surface area contributed by atoms with Crippen molar-refractivity contribution in [3.63, 3.8) is 0 Å². The van der Waals surface area contributed by atoms with Crippen molar-refractivity contribution >= 4 is 11.8 Å². The molecule has 0 saturated heterocycles. The SMILES string of the molecule is COc1cccc(CCNC(=O)C(C)(C)C(=O)N(C)CCc2ccncc2)c1. The minimum atomic E-state index is -1.12. The minimum Gasteiger partial charge on any atom is -0.497 e. The lowest BCUT2D eigenvalue weighted by Crippen LogP contribution is -2.49. The first-order valence-corrected chi connectivity index (χ1v) is 9.40. The molecule has 1 N–H and O–H groups in total. The van der Waals surface area contributed by atoms with Crippen LogP contribution in [0.25, 0.3) is 0 Å². The number of carbonyl (C=O) groups excluding carboxylic acids is 2. The lowest BCUT2D eigenvalue weighted by molar-refractivity contribution is -0.147. The van der Waals surface area contributed by atoms with Crippen LogP contribution in [0.5, 0.6) is 5.75 Å². The van der Waals surface area contributed by atoms with E-state index in [-0.39, 0.29) is 11.8 Å². The van der Waals surface area contributed by atoms with Crippen molar-refractivity contribution in [3.05, 3.63) is 59.9 Å². The summed E-state index contributed by atoms with van der Waals surface area (Å²) < 4.78 is 5.21. The molecule has 1 aromatic heterocycles. The van der Waals surface area contributed by atoms with E-state index in [9.17, 15) is 9.59 Å². The molecule has 0 atom stereocenters. The van der Waals surface area contributed by atoms with Crippen LogP contribution in [0.15, 0.2) is 48.8 Å². The summed E-state index contributed by atoms with van der Waals surface area (Å²) in [4.78, 5) is 31.0. The zero-order valence-electron chi connectivity index (χ0n) is 17.1. The van der Waals surface area contributed by atoms with Crippen LogP contribution in [-0.2, 0) is 22.4 Å². The van der Waals surface area contributed by atoms with Crippen LogP contribution in [-0.4, -0.2) is 48.9 Å². The van der Waals surface area contributed by atoms with Gasteiger partial charge in [-0.05, 0) is 62.1 Å². The molecule has 0 bridgehead atoms. The van der Waals surface area contributed by atoms with Gasteiger partial charge < -0.3 is 15.0 Å². The molecule has 150 valence electrons. The molecular formula is C22H29N3O3. The van der Waals surface area contributed by atoms with E-state index in [1.54, 1.807) is 45.3 Å². The van der Waals surface area contributed by atoms with Crippen LogP contribution in [0.4, 0.5) is 0 Å². The number of likely N-dealkylation sites (N-methyl/N-ethyl adjacent to an activating group) is 1. The highest BCUT2D eigenvalue weighted by Crippen LogP contribution is 2.19. The molecule has 0 saturated carbocycles. The van der Waals surface area contributed by atoms with Gasteiger partial charge in [0, 0.05) is 32.5 Å². The van der Waals surface area contributed by atoms with Crippen molar-refractivity contribution in [2.24, 2.45) is 5.41 Å². The highest BCUT2D eigenvalue weighted by atomic mass is 16.5. The standard InChI is InChI=1S/C22H29N3O3/c1-22(2,21(27)25(3)15-11-17-8-12-23-13-9-17)20(26)24-14-10-18-6-5-7-19(16-18)28-4/h5-9,12-13,16H,10-11,14-15H2,1-4H3,(H,24,26). The number of amides is 2. The highest BCUT2D eigenvalue weighted by molar-refractivity contribution is 6.04. The van der Waals surface area contributed by atoms with Gasteiger partial charge in [-0.25, -0.2) is 0 Å². The second-order valence-corrected chi connectivity index (χ2v) is 7.31. The van der Waals surface area contributed by atoms with Crippen molar-refractivity contribution in [1.82, 2.24) is 15.2 Å². The maximum absolute atomic E-state index is 12.8. The molecule has 0 aliphatic rings. The van der Waals surface area contributed by atoms with Gasteiger partial charge in [0.2, 0.25) is 11.8 Å². The van der Waals surface area contributed by atoms with E-state index >= 15 is 0 Å². The molecule has 1 heterocycles. The van der Waals surface area contributed by atoms with Crippen LogP contribution in [0.2, 0.25) is 0 Å². The van der Waals surface area contributed by atoms with Crippen molar-refractivity contribution in [2.45, 2.75) is 26.7 Å². The van der Waals surface area contributed by atoms with Gasteiger partial charge in [0.15, 0.2) is 0 Å². The highest BCUT2D eigenvalue weighted by Gasteiger charge is 2.37. The van der Waals surface area contributed by atoms with Gasteiger partial charge in [-0.1, -0.05) is 12.1 Å². The van der Waals surface area contributed by atoms with Crippen LogP contribution in [0.1, 0.15) is 25.0 Å². The summed E-state index contributed by atoms with van der Waals surface area (Å²) in [5.74, 6) is 0.326. The molecule has 0 spiro atoms. The molecule has 0 fully saturated rings. The van der Waals surface area contributed by atoms with Crippen LogP contribution < -0.4 is 10.1 Å². The molecule has 1 aromatic carbocycles. The average Bonchev–Trinajstić information content (AvgIpc) is 2.72. The van der Waals surface area contributed by atoms with E-state index < -0.39 is 5.41 Å². The molecule has 0 aliphatic carbocycles. The molecule has 2 aromatic rings. The Balaban J connectivity index is 1.85. The monoisotopic (exact) mass is 383 g/mol. The largest absolute Gasteiger partial charge is 0.497 e. The lowest BCUT2D eigenvalue weighted by atomic mass is 9.90. The maximum atomic E-state index is 12.8. The van der Waals surface area contributed by atoms with Crippen molar-refractivity contribution in [3.8, 4) is 5.75 Å². The van der Waals surface area contributed by atoms with E-state index in [2.05, 4.69) is 10.3 Å². The molecule has 6 nitrogen and oxygen atoms in total. The summed E-state index contributed by atoms with van der Waals surface area (Å²) in [5.41, 5.74) is 1.05. The number of rotatable bonds is 9. The molecule has 0 radical (unpaired) electrons. The Kier molecular flexibility index (Phi) is 7.55. The van der Waals surface area contributed by atoms with Gasteiger partial charge in [0.05, 0.1) is 7.11 Å². The smallest absolute Gasteiger partial charge is 0.237 e. The van der Waals surface area contributed by atoms with E-state index in [0.29, 0.717) is 19.5 Å². The number of ether oxygens (including phenoxy) is 1. The number of pyridine rings is 1. The number of carbonyl (C=O) groups is 2. The first-order chi connectivity index (χ1) is 13.3. The predicted molar refractivity (Wildman–Crippen MR) is 109 cm³/mol. The fourth-order valence-electron chi connectivity index (χ4n) is 2.89.